The molecule has 1 aromatic heterocycles. The summed E-state index contributed by atoms with van der Waals surface area (Å²) in [7, 11) is 0. The summed E-state index contributed by atoms with van der Waals surface area (Å²) < 4.78 is 4.98. The Kier molecular flexibility index (Phi) is 2.64. The minimum atomic E-state index is -0.857. The molecule has 1 N–H and O–H groups in total. The molecule has 6 nitrogen and oxygen atoms in total. The largest absolute Gasteiger partial charge is 0.481 e. The van der Waals surface area contributed by atoms with E-state index in [9.17, 15) is 9.59 Å². The Morgan fingerprint density at radius 1 is 1.62 bits per heavy atom. The number of amides is 1. The van der Waals surface area contributed by atoms with E-state index in [-0.39, 0.29) is 18.2 Å². The van der Waals surface area contributed by atoms with Crippen molar-refractivity contribution in [2.24, 2.45) is 5.92 Å². The number of likely N-dealkylation sites (tertiary alicyclic amines) is 1. The fourth-order valence-electron chi connectivity index (χ4n) is 1.80. The molecule has 0 spiro atoms. The number of hydrogen-bond donors (Lipinski definition) is 1. The first-order valence-electron chi connectivity index (χ1n) is 5.01. The van der Waals surface area contributed by atoms with Crippen molar-refractivity contribution in [1.29, 1.82) is 0 Å². The zero-order valence-corrected chi connectivity index (χ0v) is 8.84. The second-order valence-electron chi connectivity index (χ2n) is 3.84. The molecule has 2 heterocycles. The number of aromatic nitrogens is 1. The van der Waals surface area contributed by atoms with Crippen LogP contribution in [0.15, 0.2) is 10.8 Å². The summed E-state index contributed by atoms with van der Waals surface area (Å²) in [6, 6.07) is 0. The number of aryl methyl sites for hydroxylation is 1. The van der Waals surface area contributed by atoms with Crippen molar-refractivity contribution in [3.8, 4) is 0 Å². The molecule has 1 aliphatic rings. The molecule has 6 heteroatoms. The first-order chi connectivity index (χ1) is 7.59. The molecule has 0 saturated carbocycles. The minimum absolute atomic E-state index is 0.200. The number of carbonyl (C=O) groups is 2. The average Bonchev–Trinajstić information content (AvgIpc) is 2.84. The summed E-state index contributed by atoms with van der Waals surface area (Å²) >= 11 is 0. The van der Waals surface area contributed by atoms with Gasteiger partial charge in [0.2, 0.25) is 5.76 Å². The normalized spacial score (nSPS) is 20.1. The second-order valence-corrected chi connectivity index (χ2v) is 3.84. The zero-order valence-electron chi connectivity index (χ0n) is 8.84. The van der Waals surface area contributed by atoms with Crippen molar-refractivity contribution in [2.45, 2.75) is 13.3 Å². The molecule has 1 amide bonds. The van der Waals surface area contributed by atoms with E-state index >= 15 is 0 Å². The smallest absolute Gasteiger partial charge is 0.308 e. The molecule has 1 fully saturated rings. The van der Waals surface area contributed by atoms with Crippen LogP contribution in [0, 0.1) is 12.8 Å². The first-order valence-corrected chi connectivity index (χ1v) is 5.01. The van der Waals surface area contributed by atoms with Gasteiger partial charge in [-0.3, -0.25) is 9.59 Å². The maximum absolute atomic E-state index is 11.9. The Labute approximate surface area is 91.9 Å². The van der Waals surface area contributed by atoms with Crippen LogP contribution in [0.4, 0.5) is 0 Å². The molecular formula is C10H12N2O4. The minimum Gasteiger partial charge on any atom is -0.481 e. The second kappa shape index (κ2) is 3.96. The maximum Gasteiger partial charge on any atom is 0.308 e. The van der Waals surface area contributed by atoms with E-state index in [0.29, 0.717) is 18.7 Å². The van der Waals surface area contributed by atoms with E-state index in [1.807, 2.05) is 0 Å². The fourth-order valence-corrected chi connectivity index (χ4v) is 1.80. The van der Waals surface area contributed by atoms with Crippen molar-refractivity contribution in [3.63, 3.8) is 0 Å². The van der Waals surface area contributed by atoms with E-state index in [4.69, 9.17) is 9.52 Å². The third kappa shape index (κ3) is 1.78. The molecule has 86 valence electrons. The van der Waals surface area contributed by atoms with E-state index in [1.54, 1.807) is 6.92 Å². The fraction of sp³-hybridized carbons (Fsp3) is 0.500. The van der Waals surface area contributed by atoms with Crippen molar-refractivity contribution >= 4 is 11.9 Å². The number of hydrogen-bond acceptors (Lipinski definition) is 4. The van der Waals surface area contributed by atoms with Crippen LogP contribution in [0.3, 0.4) is 0 Å². The molecule has 1 atom stereocenters. The summed E-state index contributed by atoms with van der Waals surface area (Å²) in [4.78, 5) is 28.0. The lowest BCUT2D eigenvalue weighted by molar-refractivity contribution is -0.141. The predicted molar refractivity (Wildman–Crippen MR) is 52.9 cm³/mol. The molecule has 1 aromatic rings. The number of aliphatic carboxylic acids is 1. The molecule has 0 bridgehead atoms. The third-order valence-electron chi connectivity index (χ3n) is 2.76. The van der Waals surface area contributed by atoms with Gasteiger partial charge < -0.3 is 14.4 Å². The standard InChI is InChI=1S/C10H12N2O4/c1-6-8(16-5-11-6)9(13)12-3-2-7(4-12)10(14)15/h5,7H,2-4H2,1H3,(H,14,15). The van der Waals surface area contributed by atoms with Gasteiger partial charge in [0, 0.05) is 13.1 Å². The lowest BCUT2D eigenvalue weighted by Gasteiger charge is -2.13. The Balaban J connectivity index is 2.08. The number of carbonyl (C=O) groups excluding carboxylic acids is 1. The van der Waals surface area contributed by atoms with Gasteiger partial charge in [-0.05, 0) is 13.3 Å². The molecule has 0 aromatic carbocycles. The van der Waals surface area contributed by atoms with Crippen molar-refractivity contribution in [2.75, 3.05) is 13.1 Å². The van der Waals surface area contributed by atoms with Crippen LogP contribution in [-0.4, -0.2) is 40.0 Å². The maximum atomic E-state index is 11.9. The summed E-state index contributed by atoms with van der Waals surface area (Å²) in [6.07, 6.45) is 1.71. The Morgan fingerprint density at radius 3 is 2.88 bits per heavy atom. The summed E-state index contributed by atoms with van der Waals surface area (Å²) in [5.41, 5.74) is 0.531. The van der Waals surface area contributed by atoms with Gasteiger partial charge >= 0.3 is 5.97 Å². The third-order valence-corrected chi connectivity index (χ3v) is 2.76. The van der Waals surface area contributed by atoms with Crippen LogP contribution in [0.2, 0.25) is 0 Å². The van der Waals surface area contributed by atoms with Gasteiger partial charge in [0.25, 0.3) is 5.91 Å². The van der Waals surface area contributed by atoms with Crippen LogP contribution < -0.4 is 0 Å². The summed E-state index contributed by atoms with van der Waals surface area (Å²) in [5, 5.41) is 8.82. The topological polar surface area (TPSA) is 83.6 Å². The van der Waals surface area contributed by atoms with E-state index in [0.717, 1.165) is 0 Å². The summed E-state index contributed by atoms with van der Waals surface area (Å²) in [6.45, 7) is 2.38. The predicted octanol–water partition coefficient (Wildman–Crippen LogP) is 0.530. The number of carboxylic acids is 1. The van der Waals surface area contributed by atoms with Gasteiger partial charge in [0.15, 0.2) is 6.39 Å². The van der Waals surface area contributed by atoms with E-state index < -0.39 is 11.9 Å². The SMILES string of the molecule is Cc1ncoc1C(=O)N1CCC(C(=O)O)C1. The quantitative estimate of drug-likeness (QED) is 0.792. The van der Waals surface area contributed by atoms with Crippen LogP contribution in [0.25, 0.3) is 0 Å². The Hall–Kier alpha value is -1.85. The highest BCUT2D eigenvalue weighted by Gasteiger charge is 2.33. The van der Waals surface area contributed by atoms with Gasteiger partial charge in [0.1, 0.15) is 0 Å². The highest BCUT2D eigenvalue weighted by Crippen LogP contribution is 2.19. The van der Waals surface area contributed by atoms with Crippen LogP contribution in [0.5, 0.6) is 0 Å². The molecule has 1 aliphatic heterocycles. The Morgan fingerprint density at radius 2 is 2.38 bits per heavy atom. The van der Waals surface area contributed by atoms with Gasteiger partial charge in [0.05, 0.1) is 11.6 Å². The number of nitrogens with zero attached hydrogens (tertiary/aromatic N) is 2. The Bertz CT molecular complexity index is 426. The number of oxazole rings is 1. The lowest BCUT2D eigenvalue weighted by atomic mass is 10.1. The van der Waals surface area contributed by atoms with Gasteiger partial charge in [-0.15, -0.1) is 0 Å². The van der Waals surface area contributed by atoms with Crippen molar-refractivity contribution in [3.05, 3.63) is 17.8 Å². The molecular weight excluding hydrogens is 212 g/mol. The van der Waals surface area contributed by atoms with Gasteiger partial charge in [-0.25, -0.2) is 4.98 Å². The molecule has 2 rings (SSSR count). The van der Waals surface area contributed by atoms with E-state index in [2.05, 4.69) is 4.98 Å². The van der Waals surface area contributed by atoms with Gasteiger partial charge in [-0.1, -0.05) is 0 Å². The number of carboxylic acid groups (broad SMARTS) is 1. The molecule has 1 saturated heterocycles. The molecule has 0 aliphatic carbocycles. The molecule has 0 radical (unpaired) electrons. The first kappa shape index (κ1) is 10.7. The lowest BCUT2D eigenvalue weighted by Crippen LogP contribution is -2.30. The zero-order chi connectivity index (χ0) is 11.7. The monoisotopic (exact) mass is 224 g/mol. The van der Waals surface area contributed by atoms with Crippen LogP contribution >= 0.6 is 0 Å². The highest BCUT2D eigenvalue weighted by atomic mass is 16.4. The van der Waals surface area contributed by atoms with Gasteiger partial charge in [-0.2, -0.15) is 0 Å². The van der Waals surface area contributed by atoms with Crippen LogP contribution in [-0.2, 0) is 4.79 Å². The van der Waals surface area contributed by atoms with Crippen molar-refractivity contribution in [1.82, 2.24) is 9.88 Å². The van der Waals surface area contributed by atoms with Crippen LogP contribution in [0.1, 0.15) is 22.7 Å². The molecule has 1 unspecified atom stereocenters. The highest BCUT2D eigenvalue weighted by molar-refractivity contribution is 5.93. The average molecular weight is 224 g/mol. The van der Waals surface area contributed by atoms with E-state index in [1.165, 1.54) is 11.3 Å². The van der Waals surface area contributed by atoms with Crippen molar-refractivity contribution < 1.29 is 19.1 Å². The molecule has 16 heavy (non-hydrogen) atoms. The number of rotatable bonds is 2. The summed E-state index contributed by atoms with van der Waals surface area (Å²) in [5.74, 6) is -1.40.